The molecule has 8 nitrogen and oxygen atoms in total. The smallest absolute Gasteiger partial charge is 0.267 e. The summed E-state index contributed by atoms with van der Waals surface area (Å²) in [6.07, 6.45) is 4.04. The Hall–Kier alpha value is -2.27. The zero-order chi connectivity index (χ0) is 23.7. The third-order valence-corrected chi connectivity index (χ3v) is 7.04. The van der Waals surface area contributed by atoms with Gasteiger partial charge in [0.05, 0.1) is 22.7 Å². The fourth-order valence-electron chi connectivity index (χ4n) is 4.21. The maximum Gasteiger partial charge on any atom is 0.267 e. The van der Waals surface area contributed by atoms with Crippen molar-refractivity contribution in [2.45, 2.75) is 39.4 Å². The monoisotopic (exact) mass is 488 g/mol. The Morgan fingerprint density at radius 1 is 1.30 bits per heavy atom. The number of nitrogens with zero attached hydrogens (tertiary/aromatic N) is 4. The van der Waals surface area contributed by atoms with Crippen LogP contribution in [0.25, 0.3) is 11.7 Å². The average molecular weight is 489 g/mol. The van der Waals surface area contributed by atoms with Crippen LogP contribution in [0.4, 0.5) is 5.82 Å². The molecule has 33 heavy (non-hydrogen) atoms. The number of hydrogen-bond donors (Lipinski definition) is 0. The number of anilines is 1. The summed E-state index contributed by atoms with van der Waals surface area (Å²) in [6, 6.07) is 3.75. The fourth-order valence-corrected chi connectivity index (χ4v) is 5.50. The average Bonchev–Trinajstić information content (AvgIpc) is 3.03. The molecular formula is C23H28N4O4S2. The van der Waals surface area contributed by atoms with E-state index < -0.39 is 0 Å². The second-order valence-corrected chi connectivity index (χ2v) is 10.1. The lowest BCUT2D eigenvalue weighted by atomic mass is 10.1. The van der Waals surface area contributed by atoms with E-state index in [1.807, 2.05) is 32.9 Å². The molecule has 1 amide bonds. The summed E-state index contributed by atoms with van der Waals surface area (Å²) < 4.78 is 13.0. The van der Waals surface area contributed by atoms with Gasteiger partial charge in [0.15, 0.2) is 0 Å². The number of pyridine rings is 1. The van der Waals surface area contributed by atoms with E-state index in [4.69, 9.17) is 26.7 Å². The molecule has 4 heterocycles. The summed E-state index contributed by atoms with van der Waals surface area (Å²) in [5.74, 6) is 0.380. The minimum absolute atomic E-state index is 0.00211. The normalized spacial score (nSPS) is 22.7. The van der Waals surface area contributed by atoms with Gasteiger partial charge in [-0.1, -0.05) is 30.0 Å². The number of morpholine rings is 1. The Kier molecular flexibility index (Phi) is 7.18. The maximum atomic E-state index is 13.6. The van der Waals surface area contributed by atoms with Crippen molar-refractivity contribution >= 4 is 51.7 Å². The van der Waals surface area contributed by atoms with Gasteiger partial charge in [-0.2, -0.15) is 0 Å². The molecule has 2 aromatic heterocycles. The van der Waals surface area contributed by atoms with Gasteiger partial charge in [0, 0.05) is 39.5 Å². The zero-order valence-electron chi connectivity index (χ0n) is 19.2. The van der Waals surface area contributed by atoms with Crippen LogP contribution in [0.15, 0.2) is 28.0 Å². The number of ether oxygens (including phenoxy) is 2. The number of rotatable bonds is 6. The first kappa shape index (κ1) is 23.9. The van der Waals surface area contributed by atoms with E-state index in [0.717, 1.165) is 5.56 Å². The van der Waals surface area contributed by atoms with E-state index in [1.54, 1.807) is 24.3 Å². The standard InChI is InChI=1S/C23H28N4O4S2/c1-14-7-5-8-26-19(14)24-20(25-12-15(2)31-16(3)13-25)17(21(26)28)11-18-22(29)27(23(32)33-18)9-6-10-30-4/h5,7-8,11,15-16H,6,9-10,12-13H2,1-4H3/b18-11+/t15-,16+. The summed E-state index contributed by atoms with van der Waals surface area (Å²) in [5.41, 5.74) is 1.68. The van der Waals surface area contributed by atoms with Gasteiger partial charge in [-0.25, -0.2) is 4.98 Å². The molecule has 0 aliphatic carbocycles. The maximum absolute atomic E-state index is 13.6. The van der Waals surface area contributed by atoms with Crippen molar-refractivity contribution in [2.24, 2.45) is 0 Å². The molecule has 0 radical (unpaired) electrons. The Labute approximate surface area is 202 Å². The van der Waals surface area contributed by atoms with Crippen LogP contribution >= 0.6 is 24.0 Å². The van der Waals surface area contributed by atoms with Crippen LogP contribution in [-0.4, -0.2) is 70.1 Å². The molecule has 2 fully saturated rings. The molecule has 0 aromatic carbocycles. The highest BCUT2D eigenvalue weighted by atomic mass is 32.2. The lowest BCUT2D eigenvalue weighted by molar-refractivity contribution is -0.122. The third kappa shape index (κ3) is 4.84. The summed E-state index contributed by atoms with van der Waals surface area (Å²) in [6.45, 7) is 8.19. The molecule has 4 rings (SSSR count). The van der Waals surface area contributed by atoms with Gasteiger partial charge >= 0.3 is 0 Å². The molecule has 0 spiro atoms. The van der Waals surface area contributed by atoms with Gasteiger partial charge in [-0.05, 0) is 44.9 Å². The topological polar surface area (TPSA) is 76.4 Å². The molecule has 0 N–H and O–H groups in total. The Balaban J connectivity index is 1.81. The van der Waals surface area contributed by atoms with Crippen molar-refractivity contribution in [1.29, 1.82) is 0 Å². The van der Waals surface area contributed by atoms with Crippen LogP contribution < -0.4 is 10.5 Å². The van der Waals surface area contributed by atoms with E-state index in [-0.39, 0.29) is 23.7 Å². The predicted octanol–water partition coefficient (Wildman–Crippen LogP) is 2.85. The number of aromatic nitrogens is 2. The van der Waals surface area contributed by atoms with Crippen LogP contribution in [0.1, 0.15) is 31.4 Å². The van der Waals surface area contributed by atoms with E-state index in [1.165, 1.54) is 16.2 Å². The summed E-state index contributed by atoms with van der Waals surface area (Å²) in [4.78, 5) is 35.7. The van der Waals surface area contributed by atoms with Gasteiger partial charge in [0.2, 0.25) is 0 Å². The molecular weight excluding hydrogens is 460 g/mol. The van der Waals surface area contributed by atoms with Gasteiger partial charge in [0.1, 0.15) is 15.8 Å². The molecule has 0 bridgehead atoms. The number of hydrogen-bond acceptors (Lipinski definition) is 8. The molecule has 2 aliphatic heterocycles. The van der Waals surface area contributed by atoms with Crippen molar-refractivity contribution in [3.05, 3.63) is 44.7 Å². The van der Waals surface area contributed by atoms with Crippen molar-refractivity contribution < 1.29 is 14.3 Å². The third-order valence-electron chi connectivity index (χ3n) is 5.66. The van der Waals surface area contributed by atoms with Crippen LogP contribution in [0.5, 0.6) is 0 Å². The Morgan fingerprint density at radius 3 is 2.73 bits per heavy atom. The van der Waals surface area contributed by atoms with Crippen LogP contribution in [-0.2, 0) is 14.3 Å². The van der Waals surface area contributed by atoms with Crippen molar-refractivity contribution in [2.75, 3.05) is 38.3 Å². The summed E-state index contributed by atoms with van der Waals surface area (Å²) in [7, 11) is 1.63. The predicted molar refractivity (Wildman–Crippen MR) is 135 cm³/mol. The number of methoxy groups -OCH3 is 1. The van der Waals surface area contributed by atoms with E-state index in [0.29, 0.717) is 58.9 Å². The minimum Gasteiger partial charge on any atom is -0.385 e. The van der Waals surface area contributed by atoms with Crippen LogP contribution in [0.2, 0.25) is 0 Å². The lowest BCUT2D eigenvalue weighted by Crippen LogP contribution is -2.46. The highest BCUT2D eigenvalue weighted by molar-refractivity contribution is 8.26. The highest BCUT2D eigenvalue weighted by Crippen LogP contribution is 2.34. The van der Waals surface area contributed by atoms with Gasteiger partial charge in [-0.3, -0.25) is 18.9 Å². The van der Waals surface area contributed by atoms with E-state index >= 15 is 0 Å². The second kappa shape index (κ2) is 9.92. The molecule has 2 saturated heterocycles. The largest absolute Gasteiger partial charge is 0.385 e. The second-order valence-electron chi connectivity index (χ2n) is 8.38. The van der Waals surface area contributed by atoms with E-state index in [9.17, 15) is 9.59 Å². The molecule has 0 unspecified atom stereocenters. The summed E-state index contributed by atoms with van der Waals surface area (Å²) in [5, 5.41) is 0. The molecule has 10 heteroatoms. The van der Waals surface area contributed by atoms with Crippen molar-refractivity contribution in [1.82, 2.24) is 14.3 Å². The number of carbonyl (C=O) groups is 1. The van der Waals surface area contributed by atoms with Gasteiger partial charge < -0.3 is 14.4 Å². The number of carbonyl (C=O) groups excluding carboxylic acids is 1. The number of thioether (sulfide) groups is 1. The Bertz CT molecular complexity index is 1170. The summed E-state index contributed by atoms with van der Waals surface area (Å²) >= 11 is 6.65. The fraction of sp³-hybridized carbons (Fsp3) is 0.478. The Morgan fingerprint density at radius 2 is 2.03 bits per heavy atom. The first-order chi connectivity index (χ1) is 15.8. The number of thiocarbonyl (C=S) groups is 1. The van der Waals surface area contributed by atoms with Crippen LogP contribution in [0.3, 0.4) is 0 Å². The zero-order valence-corrected chi connectivity index (χ0v) is 20.9. The van der Waals surface area contributed by atoms with Crippen molar-refractivity contribution in [3.63, 3.8) is 0 Å². The van der Waals surface area contributed by atoms with E-state index in [2.05, 4.69) is 4.90 Å². The van der Waals surface area contributed by atoms with Gasteiger partial charge in [-0.15, -0.1) is 0 Å². The quantitative estimate of drug-likeness (QED) is 0.349. The van der Waals surface area contributed by atoms with Gasteiger partial charge in [0.25, 0.3) is 11.5 Å². The number of amides is 1. The highest BCUT2D eigenvalue weighted by Gasteiger charge is 2.33. The molecule has 2 atom stereocenters. The van der Waals surface area contributed by atoms with Crippen molar-refractivity contribution in [3.8, 4) is 0 Å². The minimum atomic E-state index is -0.213. The molecule has 2 aliphatic rings. The lowest BCUT2D eigenvalue weighted by Gasteiger charge is -2.36. The van der Waals surface area contributed by atoms with Crippen LogP contribution in [0, 0.1) is 6.92 Å². The molecule has 2 aromatic rings. The molecule has 176 valence electrons. The first-order valence-corrected chi connectivity index (χ1v) is 12.2. The number of aryl methyl sites for hydroxylation is 1. The molecule has 0 saturated carbocycles. The first-order valence-electron chi connectivity index (χ1n) is 11.0. The SMILES string of the molecule is COCCCN1C(=O)/C(=C\c2c(N3C[C@@H](C)O[C@@H](C)C3)nc3c(C)cccn3c2=O)SC1=S. The number of fused-ring (bicyclic) bond motifs is 1.